The Morgan fingerprint density at radius 1 is 1.62 bits per heavy atom. The first-order valence-electron chi connectivity index (χ1n) is 3.17. The summed E-state index contributed by atoms with van der Waals surface area (Å²) in [4.78, 5) is 13.0. The summed E-state index contributed by atoms with van der Waals surface area (Å²) in [6.45, 7) is 0. The minimum Gasteiger partial charge on any atom is -0.327 e. The Balaban J connectivity index is 3.53. The molecule has 1 heterocycles. The van der Waals surface area contributed by atoms with Crippen molar-refractivity contribution in [3.63, 3.8) is 0 Å². The van der Waals surface area contributed by atoms with Crippen molar-refractivity contribution < 1.29 is 8.78 Å². The Morgan fingerprint density at radius 2 is 2.23 bits per heavy atom. The minimum atomic E-state index is -2.84. The first-order chi connectivity index (χ1) is 6.07. The molecule has 0 aliphatic carbocycles. The molecule has 1 aromatic heterocycles. The Kier molecular flexibility index (Phi) is 2.78. The molecule has 0 unspecified atom stereocenters. The third-order valence-corrected chi connectivity index (χ3v) is 2.20. The van der Waals surface area contributed by atoms with Crippen molar-refractivity contribution in [2.45, 2.75) is 6.43 Å². The average Bonchev–Trinajstić information content (AvgIpc) is 2.08. The average molecular weight is 249 g/mol. The van der Waals surface area contributed by atoms with Crippen molar-refractivity contribution in [3.05, 3.63) is 32.2 Å². The Bertz CT molecular complexity index is 421. The number of halogens is 3. The van der Waals surface area contributed by atoms with Gasteiger partial charge in [0.25, 0.3) is 12.0 Å². The number of pyridine rings is 1. The van der Waals surface area contributed by atoms with Crippen molar-refractivity contribution in [2.24, 2.45) is 0 Å². The zero-order chi connectivity index (χ0) is 10.0. The van der Waals surface area contributed by atoms with Gasteiger partial charge in [0.05, 0.1) is 15.6 Å². The molecule has 0 amide bonds. The van der Waals surface area contributed by atoms with Crippen LogP contribution in [0.4, 0.5) is 8.78 Å². The van der Waals surface area contributed by atoms with Gasteiger partial charge in [-0.1, -0.05) is 0 Å². The molecular weight excluding hydrogens is 246 g/mol. The number of H-pyrrole nitrogens is 1. The second-order valence-corrected chi connectivity index (χ2v) is 2.96. The van der Waals surface area contributed by atoms with Gasteiger partial charge in [-0.3, -0.25) is 4.79 Å². The van der Waals surface area contributed by atoms with Gasteiger partial charge < -0.3 is 4.98 Å². The molecule has 1 aromatic rings. The summed E-state index contributed by atoms with van der Waals surface area (Å²) in [7, 11) is 0. The van der Waals surface area contributed by atoms with Crippen molar-refractivity contribution in [3.8, 4) is 6.07 Å². The molecular formula is C7H3BrF2N2O. The number of alkyl halides is 2. The van der Waals surface area contributed by atoms with E-state index >= 15 is 0 Å². The second-order valence-electron chi connectivity index (χ2n) is 2.17. The number of nitrogens with one attached hydrogen (secondary N) is 1. The fourth-order valence-electron chi connectivity index (χ4n) is 0.825. The highest BCUT2D eigenvalue weighted by atomic mass is 79.9. The Morgan fingerprint density at radius 3 is 2.69 bits per heavy atom. The van der Waals surface area contributed by atoms with Crippen molar-refractivity contribution in [1.29, 1.82) is 5.26 Å². The molecule has 0 saturated carbocycles. The molecule has 1 rings (SSSR count). The van der Waals surface area contributed by atoms with Gasteiger partial charge in [0.15, 0.2) is 0 Å². The lowest BCUT2D eigenvalue weighted by Gasteiger charge is -2.03. The lowest BCUT2D eigenvalue weighted by atomic mass is 10.1. The molecule has 1 N–H and O–H groups in total. The van der Waals surface area contributed by atoms with Crippen LogP contribution in [0.25, 0.3) is 0 Å². The third-order valence-electron chi connectivity index (χ3n) is 1.41. The van der Waals surface area contributed by atoms with Crippen LogP contribution < -0.4 is 5.56 Å². The highest BCUT2D eigenvalue weighted by Gasteiger charge is 2.18. The van der Waals surface area contributed by atoms with E-state index in [9.17, 15) is 13.6 Å². The number of hydrogen-bond acceptors (Lipinski definition) is 2. The molecule has 0 radical (unpaired) electrons. The molecule has 6 heteroatoms. The predicted octanol–water partition coefficient (Wildman–Crippen LogP) is 1.95. The van der Waals surface area contributed by atoms with Gasteiger partial charge in [-0.2, -0.15) is 5.26 Å². The number of nitriles is 1. The van der Waals surface area contributed by atoms with Crippen LogP contribution in [0.2, 0.25) is 0 Å². The molecule has 13 heavy (non-hydrogen) atoms. The Labute approximate surface area is 80.1 Å². The fourth-order valence-corrected chi connectivity index (χ4v) is 1.33. The van der Waals surface area contributed by atoms with Crippen LogP contribution in [0.15, 0.2) is 15.5 Å². The van der Waals surface area contributed by atoms with Gasteiger partial charge in [0.2, 0.25) is 0 Å². The van der Waals surface area contributed by atoms with Crippen LogP contribution in [0.1, 0.15) is 17.6 Å². The number of aromatic nitrogens is 1. The van der Waals surface area contributed by atoms with E-state index in [-0.39, 0.29) is 10.0 Å². The monoisotopic (exact) mass is 248 g/mol. The van der Waals surface area contributed by atoms with Crippen LogP contribution in [0, 0.1) is 11.3 Å². The van der Waals surface area contributed by atoms with Crippen LogP contribution in [-0.2, 0) is 0 Å². The summed E-state index contributed by atoms with van der Waals surface area (Å²) in [6.07, 6.45) is -1.87. The van der Waals surface area contributed by atoms with E-state index in [1.807, 2.05) is 0 Å². The molecule has 0 saturated heterocycles. The summed E-state index contributed by atoms with van der Waals surface area (Å²) in [5.74, 6) is 0. The lowest BCUT2D eigenvalue weighted by Crippen LogP contribution is -2.10. The first kappa shape index (κ1) is 9.86. The molecule has 0 aliphatic heterocycles. The van der Waals surface area contributed by atoms with Gasteiger partial charge in [0.1, 0.15) is 6.07 Å². The smallest absolute Gasteiger partial charge is 0.266 e. The van der Waals surface area contributed by atoms with E-state index in [0.29, 0.717) is 0 Å². The predicted molar refractivity (Wildman–Crippen MR) is 44.4 cm³/mol. The SMILES string of the molecule is N#Cc1c[nH]c(=O)c(Br)c1C(F)F. The number of hydrogen-bond donors (Lipinski definition) is 1. The maximum absolute atomic E-state index is 12.3. The topological polar surface area (TPSA) is 56.6 Å². The summed E-state index contributed by atoms with van der Waals surface area (Å²) in [5, 5.41) is 8.46. The van der Waals surface area contributed by atoms with E-state index in [0.717, 1.165) is 6.20 Å². The zero-order valence-corrected chi connectivity index (χ0v) is 7.73. The summed E-state index contributed by atoms with van der Waals surface area (Å²) in [5.41, 5.74) is -1.47. The van der Waals surface area contributed by atoms with E-state index in [1.165, 1.54) is 0 Å². The maximum Gasteiger partial charge on any atom is 0.266 e. The number of rotatable bonds is 1. The normalized spacial score (nSPS) is 10.1. The van der Waals surface area contributed by atoms with E-state index in [2.05, 4.69) is 20.9 Å². The molecule has 0 bridgehead atoms. The van der Waals surface area contributed by atoms with Crippen molar-refractivity contribution in [2.75, 3.05) is 0 Å². The van der Waals surface area contributed by atoms with Crippen LogP contribution >= 0.6 is 15.9 Å². The second kappa shape index (κ2) is 3.66. The zero-order valence-electron chi connectivity index (χ0n) is 6.14. The largest absolute Gasteiger partial charge is 0.327 e. The van der Waals surface area contributed by atoms with Gasteiger partial charge >= 0.3 is 0 Å². The molecule has 0 atom stereocenters. The number of aromatic amines is 1. The van der Waals surface area contributed by atoms with Crippen LogP contribution in [0.3, 0.4) is 0 Å². The quantitative estimate of drug-likeness (QED) is 0.826. The van der Waals surface area contributed by atoms with Gasteiger partial charge in [0, 0.05) is 6.20 Å². The molecule has 0 aliphatic rings. The lowest BCUT2D eigenvalue weighted by molar-refractivity contribution is 0.150. The number of nitrogens with zero attached hydrogens (tertiary/aromatic N) is 1. The minimum absolute atomic E-state index is 0.235. The fraction of sp³-hybridized carbons (Fsp3) is 0.143. The van der Waals surface area contributed by atoms with Crippen molar-refractivity contribution in [1.82, 2.24) is 4.98 Å². The van der Waals surface area contributed by atoms with Crippen molar-refractivity contribution >= 4 is 15.9 Å². The third kappa shape index (κ3) is 1.75. The molecule has 68 valence electrons. The Hall–Kier alpha value is -1.22. The van der Waals surface area contributed by atoms with Crippen LogP contribution in [-0.4, -0.2) is 4.98 Å². The molecule has 0 aromatic carbocycles. The molecule has 3 nitrogen and oxygen atoms in total. The van der Waals surface area contributed by atoms with Crippen LogP contribution in [0.5, 0.6) is 0 Å². The van der Waals surface area contributed by atoms with E-state index in [1.54, 1.807) is 6.07 Å². The maximum atomic E-state index is 12.3. The van der Waals surface area contributed by atoms with Gasteiger partial charge in [-0.15, -0.1) is 0 Å². The first-order valence-corrected chi connectivity index (χ1v) is 3.96. The summed E-state index contributed by atoms with van der Waals surface area (Å²) in [6, 6.07) is 1.56. The molecule has 0 fully saturated rings. The van der Waals surface area contributed by atoms with E-state index in [4.69, 9.17) is 5.26 Å². The molecule has 0 spiro atoms. The van der Waals surface area contributed by atoms with Gasteiger partial charge in [-0.05, 0) is 15.9 Å². The standard InChI is InChI=1S/C7H3BrF2N2O/c8-5-4(6(9)10)3(1-11)2-12-7(5)13/h2,6H,(H,12,13). The highest BCUT2D eigenvalue weighted by Crippen LogP contribution is 2.26. The van der Waals surface area contributed by atoms with E-state index < -0.39 is 17.5 Å². The highest BCUT2D eigenvalue weighted by molar-refractivity contribution is 9.10. The van der Waals surface area contributed by atoms with Gasteiger partial charge in [-0.25, -0.2) is 8.78 Å². The summed E-state index contributed by atoms with van der Waals surface area (Å²) >= 11 is 2.70. The summed E-state index contributed by atoms with van der Waals surface area (Å²) < 4.78 is 24.4.